The zero-order valence-corrected chi connectivity index (χ0v) is 8.09. The Morgan fingerprint density at radius 2 is 1.91 bits per heavy atom. The lowest BCUT2D eigenvalue weighted by atomic mass is 9.77. The van der Waals surface area contributed by atoms with E-state index >= 15 is 0 Å². The molecule has 0 amide bonds. The summed E-state index contributed by atoms with van der Waals surface area (Å²) < 4.78 is 0. The zero-order valence-electron chi connectivity index (χ0n) is 8.09. The van der Waals surface area contributed by atoms with E-state index in [1.807, 2.05) is 0 Å². The second-order valence-corrected chi connectivity index (χ2v) is 4.50. The Balaban J connectivity index is 2.79. The van der Waals surface area contributed by atoms with Gasteiger partial charge in [-0.2, -0.15) is 0 Å². The highest BCUT2D eigenvalue weighted by Gasteiger charge is 2.43. The van der Waals surface area contributed by atoms with E-state index in [1.54, 1.807) is 0 Å². The molecule has 1 fully saturated rings. The van der Waals surface area contributed by atoms with Crippen LogP contribution in [-0.2, 0) is 0 Å². The molecule has 1 aliphatic rings. The van der Waals surface area contributed by atoms with Crippen molar-refractivity contribution in [1.29, 1.82) is 0 Å². The van der Waals surface area contributed by atoms with Gasteiger partial charge in [0.25, 0.3) is 0 Å². The van der Waals surface area contributed by atoms with Gasteiger partial charge in [-0.1, -0.05) is 27.7 Å². The summed E-state index contributed by atoms with van der Waals surface area (Å²) in [6.45, 7) is 12.9. The van der Waals surface area contributed by atoms with Crippen LogP contribution in [0.25, 0.3) is 0 Å². The van der Waals surface area contributed by atoms with E-state index in [1.165, 1.54) is 6.42 Å². The molecule has 1 nitrogen and oxygen atoms in total. The maximum absolute atomic E-state index is 4.16. The molecule has 0 bridgehead atoms. The lowest BCUT2D eigenvalue weighted by Crippen LogP contribution is -2.24. The van der Waals surface area contributed by atoms with E-state index in [9.17, 15) is 0 Å². The van der Waals surface area contributed by atoms with Gasteiger partial charge in [-0.05, 0) is 30.4 Å². The normalized spacial score (nSPS) is 42.4. The quantitative estimate of drug-likeness (QED) is 0.514. The van der Waals surface area contributed by atoms with E-state index < -0.39 is 0 Å². The highest BCUT2D eigenvalue weighted by atomic mass is 14.8. The summed E-state index contributed by atoms with van der Waals surface area (Å²) >= 11 is 0. The van der Waals surface area contributed by atoms with Crippen LogP contribution in [0.5, 0.6) is 0 Å². The zero-order chi connectivity index (χ0) is 8.65. The van der Waals surface area contributed by atoms with Crippen LogP contribution in [0.3, 0.4) is 0 Å². The van der Waals surface area contributed by atoms with E-state index in [-0.39, 0.29) is 0 Å². The van der Waals surface area contributed by atoms with Crippen molar-refractivity contribution in [3.8, 4) is 0 Å². The van der Waals surface area contributed by atoms with Crippen LogP contribution >= 0.6 is 0 Å². The molecular weight excluding hydrogens is 134 g/mol. The lowest BCUT2D eigenvalue weighted by molar-refractivity contribution is 0.207. The standard InChI is InChI=1S/C10H19N/c1-7-6-9(11-5)8(2)10(7,3)4/h7-9H,5-6H2,1-4H3/t7-,8?,9?/m1/s1. The highest BCUT2D eigenvalue weighted by Crippen LogP contribution is 2.47. The molecule has 1 rings (SSSR count). The molecule has 0 radical (unpaired) electrons. The Morgan fingerprint density at radius 3 is 2.09 bits per heavy atom. The van der Waals surface area contributed by atoms with Crippen molar-refractivity contribution in [3.63, 3.8) is 0 Å². The first kappa shape index (κ1) is 8.76. The Labute approximate surface area is 69.9 Å². The third-order valence-corrected chi connectivity index (χ3v) is 3.85. The summed E-state index contributed by atoms with van der Waals surface area (Å²) in [7, 11) is 0. The summed E-state index contributed by atoms with van der Waals surface area (Å²) in [6.07, 6.45) is 1.22. The van der Waals surface area contributed by atoms with Gasteiger partial charge in [0.15, 0.2) is 0 Å². The smallest absolute Gasteiger partial charge is 0.0525 e. The Morgan fingerprint density at radius 1 is 1.36 bits per heavy atom. The van der Waals surface area contributed by atoms with Crippen molar-refractivity contribution in [1.82, 2.24) is 0 Å². The minimum absolute atomic E-state index is 0.450. The van der Waals surface area contributed by atoms with Crippen molar-refractivity contribution in [2.24, 2.45) is 22.2 Å². The van der Waals surface area contributed by atoms with Crippen molar-refractivity contribution in [3.05, 3.63) is 0 Å². The molecule has 0 saturated heterocycles. The molecule has 11 heavy (non-hydrogen) atoms. The summed E-state index contributed by atoms with van der Waals surface area (Å²) in [5.74, 6) is 1.47. The minimum Gasteiger partial charge on any atom is -0.297 e. The molecule has 0 spiro atoms. The third kappa shape index (κ3) is 1.21. The summed E-state index contributed by atoms with van der Waals surface area (Å²) in [5.41, 5.74) is 0.450. The average Bonchev–Trinajstić information content (AvgIpc) is 2.14. The molecule has 1 heteroatoms. The molecule has 1 aliphatic carbocycles. The van der Waals surface area contributed by atoms with Crippen LogP contribution in [0.15, 0.2) is 4.99 Å². The number of aliphatic imine (C=N–C) groups is 1. The Hall–Kier alpha value is -0.330. The second kappa shape index (κ2) is 2.62. The Bertz CT molecular complexity index is 160. The number of nitrogens with zero attached hydrogens (tertiary/aromatic N) is 1. The van der Waals surface area contributed by atoms with Gasteiger partial charge in [0.05, 0.1) is 6.04 Å². The predicted octanol–water partition coefficient (Wildman–Crippen LogP) is 2.76. The fourth-order valence-corrected chi connectivity index (χ4v) is 2.05. The van der Waals surface area contributed by atoms with E-state index in [0.29, 0.717) is 17.4 Å². The minimum atomic E-state index is 0.450. The SMILES string of the molecule is C=NC1C[C@@H](C)C(C)(C)C1C. The monoisotopic (exact) mass is 153 g/mol. The van der Waals surface area contributed by atoms with Crippen molar-refractivity contribution in [2.45, 2.75) is 40.2 Å². The summed E-state index contributed by atoms with van der Waals surface area (Å²) in [5, 5.41) is 0. The molecule has 1 saturated carbocycles. The molecular formula is C10H19N. The van der Waals surface area contributed by atoms with E-state index in [0.717, 1.165) is 5.92 Å². The van der Waals surface area contributed by atoms with Gasteiger partial charge >= 0.3 is 0 Å². The molecule has 64 valence electrons. The number of hydrogen-bond donors (Lipinski definition) is 0. The second-order valence-electron chi connectivity index (χ2n) is 4.50. The van der Waals surface area contributed by atoms with Crippen LogP contribution in [0.1, 0.15) is 34.1 Å². The summed E-state index contributed by atoms with van der Waals surface area (Å²) in [4.78, 5) is 4.16. The van der Waals surface area contributed by atoms with Gasteiger partial charge in [-0.3, -0.25) is 4.99 Å². The molecule has 0 aromatic carbocycles. The fourth-order valence-electron chi connectivity index (χ4n) is 2.05. The summed E-state index contributed by atoms with van der Waals surface area (Å²) in [6, 6.07) is 0.500. The number of rotatable bonds is 1. The van der Waals surface area contributed by atoms with Gasteiger partial charge in [0, 0.05) is 0 Å². The maximum atomic E-state index is 4.16. The average molecular weight is 153 g/mol. The van der Waals surface area contributed by atoms with Crippen LogP contribution in [0, 0.1) is 17.3 Å². The van der Waals surface area contributed by atoms with Crippen LogP contribution in [0.4, 0.5) is 0 Å². The van der Waals surface area contributed by atoms with Crippen molar-refractivity contribution >= 4 is 6.72 Å². The van der Waals surface area contributed by atoms with E-state index in [4.69, 9.17) is 0 Å². The van der Waals surface area contributed by atoms with Gasteiger partial charge in [-0.25, -0.2) is 0 Å². The van der Waals surface area contributed by atoms with Gasteiger partial charge in [-0.15, -0.1) is 0 Å². The molecule has 3 atom stereocenters. The largest absolute Gasteiger partial charge is 0.297 e. The van der Waals surface area contributed by atoms with Crippen molar-refractivity contribution in [2.75, 3.05) is 0 Å². The third-order valence-electron chi connectivity index (χ3n) is 3.85. The van der Waals surface area contributed by atoms with Gasteiger partial charge < -0.3 is 0 Å². The molecule has 0 aliphatic heterocycles. The fraction of sp³-hybridized carbons (Fsp3) is 0.900. The molecule has 2 unspecified atom stereocenters. The van der Waals surface area contributed by atoms with Crippen molar-refractivity contribution < 1.29 is 0 Å². The first-order valence-electron chi connectivity index (χ1n) is 4.46. The topological polar surface area (TPSA) is 12.4 Å². The van der Waals surface area contributed by atoms with Crippen LogP contribution in [-0.4, -0.2) is 12.8 Å². The molecule has 0 heterocycles. The van der Waals surface area contributed by atoms with Gasteiger partial charge in [0.2, 0.25) is 0 Å². The lowest BCUT2D eigenvalue weighted by Gasteiger charge is -2.29. The Kier molecular flexibility index (Phi) is 2.08. The van der Waals surface area contributed by atoms with Crippen LogP contribution < -0.4 is 0 Å². The molecule has 0 N–H and O–H groups in total. The first-order valence-corrected chi connectivity index (χ1v) is 4.46. The number of hydrogen-bond acceptors (Lipinski definition) is 1. The predicted molar refractivity (Wildman–Crippen MR) is 50.1 cm³/mol. The van der Waals surface area contributed by atoms with E-state index in [2.05, 4.69) is 39.4 Å². The maximum Gasteiger partial charge on any atom is 0.0525 e. The molecule has 0 aromatic rings. The molecule has 0 aromatic heterocycles. The first-order chi connectivity index (χ1) is 5.00. The van der Waals surface area contributed by atoms with Gasteiger partial charge in [0.1, 0.15) is 0 Å². The van der Waals surface area contributed by atoms with Crippen LogP contribution in [0.2, 0.25) is 0 Å². The highest BCUT2D eigenvalue weighted by molar-refractivity contribution is 5.25.